The van der Waals surface area contributed by atoms with Crippen molar-refractivity contribution >= 4 is 0 Å². The fourth-order valence-corrected chi connectivity index (χ4v) is 0. The Morgan fingerprint density at radius 1 is 0.286 bits per heavy atom. The minimum absolute atomic E-state index is 0. The number of rotatable bonds is 0. The van der Waals surface area contributed by atoms with Gasteiger partial charge in [-0.05, 0) is 0 Å². The molecule has 0 unspecified atom stereocenters. The molecule has 0 amide bonds. The van der Waals surface area contributed by atoms with Crippen LogP contribution < -0.4 is 36.9 Å². The Hall–Kier alpha value is 0.279. The third kappa shape index (κ3) is 1470. The quantitative estimate of drug-likeness (QED) is 0.313. The van der Waals surface area contributed by atoms with Crippen molar-refractivity contribution in [3.63, 3.8) is 0 Å². The molecule has 0 atom stereocenters. The van der Waals surface area contributed by atoms with E-state index in [4.69, 9.17) is 0 Å². The van der Waals surface area contributed by atoms with E-state index in [1.807, 2.05) is 0 Å². The van der Waals surface area contributed by atoms with Gasteiger partial charge >= 0.3 is 0 Å². The maximum absolute atomic E-state index is 0. The van der Waals surface area contributed by atoms with Gasteiger partial charge in [0.15, 0.2) is 0 Å². The molecule has 6 nitrogen and oxygen atoms in total. The molecule has 0 aliphatic heterocycles. The first kappa shape index (κ1) is 3670. The first-order valence-electron chi connectivity index (χ1n) is 0. The van der Waals surface area contributed by atoms with E-state index in [0.717, 1.165) is 0 Å². The number of nitrogens with zero attached hydrogens (tertiary/aromatic N) is 6. The molecule has 0 rings (SSSR count). The van der Waals surface area contributed by atoms with E-state index in [2.05, 4.69) is 0 Å². The second kappa shape index (κ2) is 2240. The summed E-state index contributed by atoms with van der Waals surface area (Å²) >= 11 is 0. The Labute approximate surface area is 54.8 Å². The Bertz CT molecular complexity index is 4.14. The third-order valence-electron chi connectivity index (χ3n) is 0. The molecule has 0 aliphatic carbocycles. The predicted molar refractivity (Wildman–Crippen MR) is 12.8 cm³/mol. The molecule has 7 heavy (non-hydrogen) atoms. The maximum Gasteiger partial charge on any atom is 0 e. The molecule has 18 radical (unpaired) electrons. The van der Waals surface area contributed by atoms with Crippen molar-refractivity contribution in [2.24, 2.45) is 0 Å². The summed E-state index contributed by atoms with van der Waals surface area (Å²) in [5.74, 6) is 0. The summed E-state index contributed by atoms with van der Waals surface area (Å²) < 4.78 is 0. The Morgan fingerprint density at radius 2 is 0.286 bits per heavy atom. The largest absolute Gasteiger partial charge is 0 e. The standard InChI is InChI=1S/Fe.6N. The number of hydrogen-bond acceptors (Lipinski definition) is 0. The zero-order valence-electron chi connectivity index (χ0n) is 3.04. The zero-order chi connectivity index (χ0) is 0. The van der Waals surface area contributed by atoms with Crippen LogP contribution in [-0.4, -0.2) is 0 Å². The zero-order valence-corrected chi connectivity index (χ0v) is 4.14. The van der Waals surface area contributed by atoms with Crippen molar-refractivity contribution in [2.45, 2.75) is 0 Å². The van der Waals surface area contributed by atoms with Gasteiger partial charge in [-0.1, -0.05) is 0 Å². The molecule has 38 valence electrons. The van der Waals surface area contributed by atoms with Gasteiger partial charge in [0.1, 0.15) is 0 Å². The van der Waals surface area contributed by atoms with Crippen molar-refractivity contribution in [1.29, 1.82) is 0 Å². The molecule has 0 spiro atoms. The van der Waals surface area contributed by atoms with Crippen LogP contribution in [0.5, 0.6) is 0 Å². The van der Waals surface area contributed by atoms with Gasteiger partial charge < -0.3 is 0 Å². The first-order valence-corrected chi connectivity index (χ1v) is 0. The normalized spacial score (nSPS) is 0. The van der Waals surface area contributed by atoms with E-state index < -0.39 is 0 Å². The van der Waals surface area contributed by atoms with Crippen LogP contribution in [0.3, 0.4) is 0 Å². The molecule has 7 heteroatoms. The van der Waals surface area contributed by atoms with Gasteiger partial charge in [-0.2, -0.15) is 0 Å². The molecule has 0 aromatic carbocycles. The topological polar surface area (TPSA) is 183 Å². The molecule has 0 fully saturated rings. The smallest absolute Gasteiger partial charge is 0 e. The monoisotopic (exact) mass is 140 g/mol. The second-order valence-corrected chi connectivity index (χ2v) is 0. The van der Waals surface area contributed by atoms with Crippen molar-refractivity contribution in [3.8, 4) is 0 Å². The summed E-state index contributed by atoms with van der Waals surface area (Å²) in [7, 11) is 0. The van der Waals surface area contributed by atoms with Gasteiger partial charge in [0.2, 0.25) is 0 Å². The molecule has 0 aromatic rings. The molecule has 0 saturated heterocycles. The predicted octanol–water partition coefficient (Wildman–Crippen LogP) is -2.89. The Balaban J connectivity index is 0. The SMILES string of the molecule is [Fe].[N].[N].[N].[N].[N].[N]. The first-order chi connectivity index (χ1) is 0. The average molecular weight is 140 g/mol. The fraction of sp³-hybridized carbons (Fsp3) is 0. The Morgan fingerprint density at radius 3 is 0.286 bits per heavy atom. The van der Waals surface area contributed by atoms with E-state index in [0.29, 0.717) is 0 Å². The summed E-state index contributed by atoms with van der Waals surface area (Å²) in [5, 5.41) is 0. The third-order valence-corrected chi connectivity index (χ3v) is 0. The van der Waals surface area contributed by atoms with Crippen LogP contribution in [0.15, 0.2) is 0 Å². The van der Waals surface area contributed by atoms with E-state index in [-0.39, 0.29) is 54.0 Å². The van der Waals surface area contributed by atoms with Crippen molar-refractivity contribution in [1.82, 2.24) is 36.9 Å². The van der Waals surface area contributed by atoms with E-state index in [1.165, 1.54) is 0 Å². The van der Waals surface area contributed by atoms with Crippen molar-refractivity contribution in [3.05, 3.63) is 0 Å². The maximum atomic E-state index is 0. The molecule has 0 bridgehead atoms. The van der Waals surface area contributed by atoms with Gasteiger partial charge in [0.25, 0.3) is 0 Å². The van der Waals surface area contributed by atoms with Crippen LogP contribution in [0.1, 0.15) is 0 Å². The van der Waals surface area contributed by atoms with Crippen molar-refractivity contribution in [2.75, 3.05) is 0 Å². The second-order valence-electron chi connectivity index (χ2n) is 0. The fourth-order valence-electron chi connectivity index (χ4n) is 0. The summed E-state index contributed by atoms with van der Waals surface area (Å²) in [6.45, 7) is 0. The Kier molecular flexibility index (Phi) is 1180000. The minimum Gasteiger partial charge on any atom is 0 e. The van der Waals surface area contributed by atoms with Crippen LogP contribution >= 0.6 is 0 Å². The van der Waals surface area contributed by atoms with E-state index in [1.54, 1.807) is 0 Å². The summed E-state index contributed by atoms with van der Waals surface area (Å²) in [4.78, 5) is 0. The van der Waals surface area contributed by atoms with Crippen LogP contribution in [0.4, 0.5) is 0 Å². The summed E-state index contributed by atoms with van der Waals surface area (Å²) in [6.07, 6.45) is 0. The molecule has 0 aromatic heterocycles. The number of hydrogen-bond donors (Lipinski definition) is 0. The van der Waals surface area contributed by atoms with Crippen LogP contribution in [0.2, 0.25) is 0 Å². The molecule has 0 saturated carbocycles. The molecule has 0 N–H and O–H groups in total. The van der Waals surface area contributed by atoms with Crippen LogP contribution in [0.25, 0.3) is 0 Å². The van der Waals surface area contributed by atoms with Gasteiger partial charge in [-0.3, -0.25) is 0 Å². The average Bonchev–Trinajstić information content (AvgIpc) is 0. The minimum atomic E-state index is 0. The van der Waals surface area contributed by atoms with Crippen LogP contribution in [-0.2, 0) is 17.1 Å². The van der Waals surface area contributed by atoms with E-state index in [9.17, 15) is 0 Å². The van der Waals surface area contributed by atoms with Gasteiger partial charge in [0.05, 0.1) is 0 Å². The molecular weight excluding hydrogens is 140 g/mol. The van der Waals surface area contributed by atoms with Gasteiger partial charge in [-0.15, -0.1) is 0 Å². The molecule has 0 heterocycles. The van der Waals surface area contributed by atoms with Gasteiger partial charge in [-0.25, -0.2) is 0 Å². The molecule has 0 aliphatic rings. The summed E-state index contributed by atoms with van der Waals surface area (Å²) in [6, 6.07) is 0. The van der Waals surface area contributed by atoms with Gasteiger partial charge in [0, 0.05) is 54.0 Å². The van der Waals surface area contributed by atoms with Crippen LogP contribution in [0, 0.1) is 0 Å². The van der Waals surface area contributed by atoms with Crippen molar-refractivity contribution < 1.29 is 17.1 Å². The molecular formula is FeN6. The summed E-state index contributed by atoms with van der Waals surface area (Å²) in [5.41, 5.74) is 0. The van der Waals surface area contributed by atoms with E-state index >= 15 is 0 Å².